The number of carboxylic acids is 2. The Kier molecular flexibility index (Phi) is 10.5. The number of hydrogen-bond donors (Lipinski definition) is 8. The van der Waals surface area contributed by atoms with Crippen molar-refractivity contribution in [3.63, 3.8) is 0 Å². The Morgan fingerprint density at radius 2 is 1.50 bits per heavy atom. The van der Waals surface area contributed by atoms with Gasteiger partial charge in [0.1, 0.15) is 18.1 Å². The maximum Gasteiger partial charge on any atom is 0.326 e. The topological polar surface area (TPSA) is 237 Å². The third kappa shape index (κ3) is 8.81. The third-order valence-corrected chi connectivity index (χ3v) is 5.06. The van der Waals surface area contributed by atoms with Gasteiger partial charge < -0.3 is 42.0 Å². The Morgan fingerprint density at radius 1 is 0.889 bits per heavy atom. The Hall–Kier alpha value is -4.30. The van der Waals surface area contributed by atoms with E-state index in [9.17, 15) is 34.2 Å². The van der Waals surface area contributed by atoms with E-state index < -0.39 is 66.9 Å². The number of hydrogen-bond acceptors (Lipinski definition) is 8. The Morgan fingerprint density at radius 3 is 2.06 bits per heavy atom. The van der Waals surface area contributed by atoms with Crippen molar-refractivity contribution < 1.29 is 39.3 Å². The highest BCUT2D eigenvalue weighted by Crippen LogP contribution is 2.04. The van der Waals surface area contributed by atoms with Crippen molar-refractivity contribution in [2.75, 3.05) is 6.61 Å². The first-order valence-corrected chi connectivity index (χ1v) is 10.8. The summed E-state index contributed by atoms with van der Waals surface area (Å²) in [5.74, 6) is -5.74. The summed E-state index contributed by atoms with van der Waals surface area (Å²) in [4.78, 5) is 67.0. The zero-order valence-corrected chi connectivity index (χ0v) is 19.1. The number of benzene rings is 1. The molecule has 1 aromatic carbocycles. The summed E-state index contributed by atoms with van der Waals surface area (Å²) in [7, 11) is 0. The van der Waals surface area contributed by atoms with Gasteiger partial charge in [0, 0.05) is 18.3 Å². The molecule has 0 aliphatic heterocycles. The maximum absolute atomic E-state index is 12.7. The first kappa shape index (κ1) is 27.9. The molecule has 0 aliphatic carbocycles. The van der Waals surface area contributed by atoms with Crippen LogP contribution in [0.5, 0.6) is 0 Å². The molecule has 4 unspecified atom stereocenters. The van der Waals surface area contributed by atoms with Crippen molar-refractivity contribution in [1.29, 1.82) is 0 Å². The van der Waals surface area contributed by atoms with Gasteiger partial charge in [-0.3, -0.25) is 19.2 Å². The summed E-state index contributed by atoms with van der Waals surface area (Å²) in [6.07, 6.45) is 1.77. The molecule has 4 atom stereocenters. The fourth-order valence-electron chi connectivity index (χ4n) is 3.18. The van der Waals surface area contributed by atoms with Crippen LogP contribution in [0.1, 0.15) is 17.7 Å². The van der Waals surface area contributed by atoms with Crippen LogP contribution >= 0.6 is 0 Å². The smallest absolute Gasteiger partial charge is 0.326 e. The summed E-state index contributed by atoms with van der Waals surface area (Å²) in [6, 6.07) is 3.11. The van der Waals surface area contributed by atoms with E-state index in [1.54, 1.807) is 30.3 Å². The van der Waals surface area contributed by atoms with E-state index in [0.717, 1.165) is 5.56 Å². The molecule has 0 bridgehead atoms. The van der Waals surface area contributed by atoms with Gasteiger partial charge in [-0.15, -0.1) is 0 Å². The van der Waals surface area contributed by atoms with Crippen LogP contribution in [-0.2, 0) is 36.8 Å². The van der Waals surface area contributed by atoms with Gasteiger partial charge in [-0.05, 0) is 12.0 Å². The second kappa shape index (κ2) is 13.6. The van der Waals surface area contributed by atoms with Crippen molar-refractivity contribution in [2.24, 2.45) is 5.73 Å². The summed E-state index contributed by atoms with van der Waals surface area (Å²) >= 11 is 0. The second-order valence-corrected chi connectivity index (χ2v) is 7.88. The molecule has 1 aromatic heterocycles. The molecule has 2 aromatic rings. The number of carbonyl (C=O) groups excluding carboxylic acids is 3. The van der Waals surface area contributed by atoms with Crippen LogP contribution < -0.4 is 21.7 Å². The van der Waals surface area contributed by atoms with E-state index in [-0.39, 0.29) is 12.8 Å². The molecular weight excluding hydrogens is 476 g/mol. The van der Waals surface area contributed by atoms with Crippen LogP contribution in [0, 0.1) is 0 Å². The van der Waals surface area contributed by atoms with E-state index in [0.29, 0.717) is 5.69 Å². The highest BCUT2D eigenvalue weighted by atomic mass is 16.4. The quantitative estimate of drug-likeness (QED) is 0.135. The number of aliphatic hydroxyl groups excluding tert-OH is 1. The molecule has 3 amide bonds. The number of nitrogens with one attached hydrogen (secondary N) is 4. The Labute approximate surface area is 205 Å². The molecule has 0 saturated heterocycles. The number of imidazole rings is 1. The summed E-state index contributed by atoms with van der Waals surface area (Å²) in [6.45, 7) is -0.866. The SMILES string of the molecule is NC(Cc1ccccc1)C(=O)NC(CO)C(=O)NC(CC(=O)O)C(=O)NC(Cc1cnc[nH]1)C(=O)O. The standard InChI is InChI=1S/C22H28N6O8/c23-14(6-12-4-2-1-3-5-12)19(32)28-17(10-29)21(34)26-15(8-18(30)31)20(33)27-16(22(35)36)7-13-9-24-11-25-13/h1-5,9,11,14-17,29H,6-8,10,23H2,(H,24,25)(H,26,34)(H,27,33)(H,28,32)(H,30,31)(H,35,36). The van der Waals surface area contributed by atoms with Crippen molar-refractivity contribution in [3.05, 3.63) is 54.1 Å². The van der Waals surface area contributed by atoms with Gasteiger partial charge in [-0.1, -0.05) is 30.3 Å². The molecule has 0 aliphatic rings. The zero-order chi connectivity index (χ0) is 26.7. The highest BCUT2D eigenvalue weighted by Gasteiger charge is 2.31. The average molecular weight is 505 g/mol. The summed E-state index contributed by atoms with van der Waals surface area (Å²) in [5, 5.41) is 34.7. The normalized spacial score (nSPS) is 14.1. The fourth-order valence-corrected chi connectivity index (χ4v) is 3.18. The number of H-pyrrole nitrogens is 1. The van der Waals surface area contributed by atoms with Crippen LogP contribution in [0.4, 0.5) is 0 Å². The van der Waals surface area contributed by atoms with Gasteiger partial charge in [0.25, 0.3) is 0 Å². The van der Waals surface area contributed by atoms with Gasteiger partial charge >= 0.3 is 11.9 Å². The molecule has 36 heavy (non-hydrogen) atoms. The molecule has 0 radical (unpaired) electrons. The van der Waals surface area contributed by atoms with E-state index in [2.05, 4.69) is 25.9 Å². The lowest BCUT2D eigenvalue weighted by molar-refractivity contribution is -0.143. The Balaban J connectivity index is 2.03. The van der Waals surface area contributed by atoms with Crippen LogP contribution in [0.25, 0.3) is 0 Å². The number of aromatic amines is 1. The number of carbonyl (C=O) groups is 5. The van der Waals surface area contributed by atoms with E-state index in [4.69, 9.17) is 10.8 Å². The van der Waals surface area contributed by atoms with Crippen LogP contribution in [-0.4, -0.2) is 85.7 Å². The largest absolute Gasteiger partial charge is 0.481 e. The number of aromatic nitrogens is 2. The number of nitrogens with two attached hydrogens (primary N) is 1. The average Bonchev–Trinajstić information content (AvgIpc) is 3.34. The van der Waals surface area contributed by atoms with Gasteiger partial charge in [-0.2, -0.15) is 0 Å². The number of rotatable bonds is 14. The molecule has 9 N–H and O–H groups in total. The second-order valence-electron chi connectivity index (χ2n) is 7.88. The van der Waals surface area contributed by atoms with E-state index in [1.165, 1.54) is 12.5 Å². The zero-order valence-electron chi connectivity index (χ0n) is 19.1. The molecule has 0 spiro atoms. The fraction of sp³-hybridized carbons (Fsp3) is 0.364. The van der Waals surface area contributed by atoms with Gasteiger partial charge in [0.2, 0.25) is 17.7 Å². The van der Waals surface area contributed by atoms with Crippen LogP contribution in [0.15, 0.2) is 42.9 Å². The number of aliphatic carboxylic acids is 2. The minimum absolute atomic E-state index is 0.156. The van der Waals surface area contributed by atoms with Crippen LogP contribution in [0.3, 0.4) is 0 Å². The molecule has 194 valence electrons. The molecule has 14 heteroatoms. The van der Waals surface area contributed by atoms with Crippen LogP contribution in [0.2, 0.25) is 0 Å². The van der Waals surface area contributed by atoms with E-state index >= 15 is 0 Å². The summed E-state index contributed by atoms with van der Waals surface area (Å²) in [5.41, 5.74) is 7.05. The lowest BCUT2D eigenvalue weighted by atomic mass is 10.1. The predicted octanol–water partition coefficient (Wildman–Crippen LogP) is -2.47. The number of carboxylic acid groups (broad SMARTS) is 2. The predicted molar refractivity (Wildman–Crippen MR) is 123 cm³/mol. The maximum atomic E-state index is 12.7. The number of nitrogens with zero attached hydrogens (tertiary/aromatic N) is 1. The van der Waals surface area contributed by atoms with Gasteiger partial charge in [0.15, 0.2) is 0 Å². The molecule has 0 fully saturated rings. The van der Waals surface area contributed by atoms with Gasteiger partial charge in [0.05, 0.1) is 25.4 Å². The lowest BCUT2D eigenvalue weighted by Crippen LogP contribution is -2.58. The Bertz CT molecular complexity index is 1050. The van der Waals surface area contributed by atoms with Crippen molar-refractivity contribution in [1.82, 2.24) is 25.9 Å². The first-order chi connectivity index (χ1) is 17.1. The molecule has 14 nitrogen and oxygen atoms in total. The minimum atomic E-state index is -1.69. The molecule has 1 heterocycles. The number of amides is 3. The third-order valence-electron chi connectivity index (χ3n) is 5.06. The minimum Gasteiger partial charge on any atom is -0.481 e. The van der Waals surface area contributed by atoms with Crippen molar-refractivity contribution in [2.45, 2.75) is 43.4 Å². The number of aliphatic hydroxyl groups is 1. The molecular formula is C22H28N6O8. The molecule has 2 rings (SSSR count). The summed E-state index contributed by atoms with van der Waals surface area (Å²) < 4.78 is 0. The van der Waals surface area contributed by atoms with Gasteiger partial charge in [-0.25, -0.2) is 9.78 Å². The van der Waals surface area contributed by atoms with Crippen molar-refractivity contribution >= 4 is 29.7 Å². The monoisotopic (exact) mass is 504 g/mol. The van der Waals surface area contributed by atoms with E-state index in [1.807, 2.05) is 0 Å². The highest BCUT2D eigenvalue weighted by molar-refractivity contribution is 5.95. The molecule has 0 saturated carbocycles. The lowest BCUT2D eigenvalue weighted by Gasteiger charge is -2.23. The van der Waals surface area contributed by atoms with Crippen molar-refractivity contribution in [3.8, 4) is 0 Å². The first-order valence-electron chi connectivity index (χ1n) is 10.8.